The highest BCUT2D eigenvalue weighted by Gasteiger charge is 2.61. The van der Waals surface area contributed by atoms with Crippen molar-refractivity contribution in [2.24, 2.45) is 0 Å². The molecule has 4 fully saturated rings. The third kappa shape index (κ3) is 8.89. The van der Waals surface area contributed by atoms with E-state index in [1.54, 1.807) is 7.11 Å². The van der Waals surface area contributed by atoms with E-state index in [0.29, 0.717) is 19.8 Å². The summed E-state index contributed by atoms with van der Waals surface area (Å²) in [5.41, 5.74) is 3.08. The van der Waals surface area contributed by atoms with Crippen LogP contribution in [0.1, 0.15) is 44.4 Å². The van der Waals surface area contributed by atoms with Gasteiger partial charge in [-0.1, -0.05) is 91.0 Å². The molecular formula is C40H50O11. The third-order valence-corrected chi connectivity index (χ3v) is 9.50. The first-order chi connectivity index (χ1) is 24.7. The molecule has 0 spiro atoms. The first-order valence-corrected chi connectivity index (χ1v) is 17.8. The Balaban J connectivity index is 1.14. The predicted octanol–water partition coefficient (Wildman–Crippen LogP) is 5.53. The highest BCUT2D eigenvalue weighted by atomic mass is 16.9. The van der Waals surface area contributed by atoms with E-state index < -0.39 is 73.0 Å². The molecule has 4 aliphatic heterocycles. The monoisotopic (exact) mass is 706 g/mol. The van der Waals surface area contributed by atoms with E-state index in [0.717, 1.165) is 16.7 Å². The van der Waals surface area contributed by atoms with Crippen LogP contribution in [0.15, 0.2) is 91.0 Å². The van der Waals surface area contributed by atoms with E-state index in [9.17, 15) is 0 Å². The van der Waals surface area contributed by atoms with E-state index in [1.807, 2.05) is 119 Å². The maximum atomic E-state index is 6.71. The van der Waals surface area contributed by atoms with E-state index in [-0.39, 0.29) is 13.2 Å². The topological polar surface area (TPSA) is 102 Å². The second-order valence-corrected chi connectivity index (χ2v) is 14.3. The Labute approximate surface area is 300 Å². The van der Waals surface area contributed by atoms with Crippen LogP contribution in [-0.4, -0.2) is 93.3 Å². The van der Waals surface area contributed by atoms with Crippen LogP contribution in [0.3, 0.4) is 0 Å². The fourth-order valence-corrected chi connectivity index (χ4v) is 7.22. The lowest BCUT2D eigenvalue weighted by Gasteiger charge is -2.46. The molecule has 51 heavy (non-hydrogen) atoms. The number of rotatable bonds is 14. The molecule has 0 saturated carbocycles. The lowest BCUT2D eigenvalue weighted by Crippen LogP contribution is -2.62. The maximum absolute atomic E-state index is 6.71. The summed E-state index contributed by atoms with van der Waals surface area (Å²) in [4.78, 5) is 0. The molecule has 276 valence electrons. The fourth-order valence-electron chi connectivity index (χ4n) is 7.22. The van der Waals surface area contributed by atoms with Crippen LogP contribution in [0.2, 0.25) is 0 Å². The summed E-state index contributed by atoms with van der Waals surface area (Å²) < 4.78 is 70.6. The Kier molecular flexibility index (Phi) is 11.5. The normalized spacial score (nSPS) is 33.8. The van der Waals surface area contributed by atoms with E-state index >= 15 is 0 Å². The molecular weight excluding hydrogens is 656 g/mol. The summed E-state index contributed by atoms with van der Waals surface area (Å²) in [6, 6.07) is 30.0. The summed E-state index contributed by atoms with van der Waals surface area (Å²) in [5.74, 6) is -1.67. The zero-order chi connectivity index (χ0) is 35.4. The lowest BCUT2D eigenvalue weighted by atomic mass is 9.97. The molecule has 0 bridgehead atoms. The summed E-state index contributed by atoms with van der Waals surface area (Å²) in [6.07, 6.45) is -5.72. The fraction of sp³-hybridized carbons (Fsp3) is 0.550. The quantitative estimate of drug-likeness (QED) is 0.212. The SMILES string of the molecule is CO[C@@H]1[C@H](OCc2ccccc2)[C@@H](OCc2ccccc2)[C@H](OC[C@H]2O[C@@H]3OC(C)(C)O[C@@H]3[C@H]3OC(C)(C)O[C@H]32)O[C@@H]1COCc1ccccc1. The summed E-state index contributed by atoms with van der Waals surface area (Å²) in [7, 11) is 1.66. The number of hydrogen-bond acceptors (Lipinski definition) is 11. The van der Waals surface area contributed by atoms with Crippen molar-refractivity contribution >= 4 is 0 Å². The van der Waals surface area contributed by atoms with Crippen molar-refractivity contribution in [3.05, 3.63) is 108 Å². The minimum atomic E-state index is -0.876. The van der Waals surface area contributed by atoms with Gasteiger partial charge in [0.05, 0.1) is 33.0 Å². The smallest absolute Gasteiger partial charge is 0.190 e. The Bertz CT molecular complexity index is 1510. The van der Waals surface area contributed by atoms with Crippen LogP contribution in [0.5, 0.6) is 0 Å². The van der Waals surface area contributed by atoms with Crippen LogP contribution in [0.25, 0.3) is 0 Å². The Morgan fingerprint density at radius 3 is 1.65 bits per heavy atom. The molecule has 0 unspecified atom stereocenters. The van der Waals surface area contributed by atoms with Crippen LogP contribution in [0.4, 0.5) is 0 Å². The van der Waals surface area contributed by atoms with Crippen molar-refractivity contribution < 1.29 is 52.1 Å². The van der Waals surface area contributed by atoms with Crippen molar-refractivity contribution in [3.8, 4) is 0 Å². The molecule has 0 aromatic heterocycles. The molecule has 3 aromatic carbocycles. The summed E-state index contributed by atoms with van der Waals surface area (Å²) in [5, 5.41) is 0. The van der Waals surface area contributed by atoms with Gasteiger partial charge < -0.3 is 52.1 Å². The molecule has 11 heteroatoms. The second-order valence-electron chi connectivity index (χ2n) is 14.3. The van der Waals surface area contributed by atoms with Crippen LogP contribution in [0, 0.1) is 0 Å². The Morgan fingerprint density at radius 1 is 0.510 bits per heavy atom. The van der Waals surface area contributed by atoms with E-state index in [4.69, 9.17) is 52.1 Å². The van der Waals surface area contributed by atoms with E-state index in [1.165, 1.54) is 0 Å². The Morgan fingerprint density at radius 2 is 1.04 bits per heavy atom. The van der Waals surface area contributed by atoms with Gasteiger partial charge in [0.25, 0.3) is 0 Å². The molecule has 0 aliphatic carbocycles. The maximum Gasteiger partial charge on any atom is 0.190 e. The van der Waals surface area contributed by atoms with Gasteiger partial charge in [-0.25, -0.2) is 0 Å². The van der Waals surface area contributed by atoms with Gasteiger partial charge in [-0.15, -0.1) is 0 Å². The summed E-state index contributed by atoms with van der Waals surface area (Å²) in [6.45, 7) is 8.91. The molecule has 3 aromatic rings. The Hall–Kier alpha value is -2.78. The molecule has 0 amide bonds. The molecule has 11 nitrogen and oxygen atoms in total. The van der Waals surface area contributed by atoms with Crippen LogP contribution >= 0.6 is 0 Å². The van der Waals surface area contributed by atoms with Gasteiger partial charge >= 0.3 is 0 Å². The second kappa shape index (κ2) is 16.1. The van der Waals surface area contributed by atoms with Crippen molar-refractivity contribution in [3.63, 3.8) is 0 Å². The zero-order valence-corrected chi connectivity index (χ0v) is 30.0. The largest absolute Gasteiger partial charge is 0.376 e. The lowest BCUT2D eigenvalue weighted by molar-refractivity contribution is -0.334. The minimum absolute atomic E-state index is 0.101. The van der Waals surface area contributed by atoms with Gasteiger partial charge in [0.15, 0.2) is 24.2 Å². The van der Waals surface area contributed by atoms with Gasteiger partial charge in [-0.2, -0.15) is 0 Å². The molecule has 4 aliphatic rings. The standard InChI is InChI=1S/C40H50O11/c1-39(2)48-32-30(47-38-36(34(32)49-39)50-40(3,4)51-38)25-45-37-35(44-23-28-19-13-8-14-20-28)33(43-22-27-17-11-7-12-18-27)31(41-5)29(46-37)24-42-21-26-15-9-6-10-16-26/h6-20,29-38H,21-25H2,1-5H3/t29-,30-,31+,32+,33+,34+,35-,36-,37-,38-/m1/s1. The van der Waals surface area contributed by atoms with Gasteiger partial charge in [0.1, 0.15) is 48.8 Å². The third-order valence-electron chi connectivity index (χ3n) is 9.50. The average Bonchev–Trinajstić information content (AvgIpc) is 3.63. The van der Waals surface area contributed by atoms with Crippen molar-refractivity contribution in [2.45, 2.75) is 121 Å². The molecule has 4 heterocycles. The van der Waals surface area contributed by atoms with Crippen molar-refractivity contribution in [1.82, 2.24) is 0 Å². The van der Waals surface area contributed by atoms with Crippen molar-refractivity contribution in [1.29, 1.82) is 0 Å². The predicted molar refractivity (Wildman–Crippen MR) is 184 cm³/mol. The highest BCUT2D eigenvalue weighted by molar-refractivity contribution is 5.15. The first kappa shape index (κ1) is 36.6. The zero-order valence-electron chi connectivity index (χ0n) is 30.0. The molecule has 0 N–H and O–H groups in total. The highest BCUT2D eigenvalue weighted by Crippen LogP contribution is 2.44. The number of benzene rings is 3. The number of fused-ring (bicyclic) bond motifs is 3. The number of methoxy groups -OCH3 is 1. The molecule has 0 radical (unpaired) electrons. The van der Waals surface area contributed by atoms with Gasteiger partial charge in [-0.05, 0) is 44.4 Å². The number of ether oxygens (including phenoxy) is 11. The first-order valence-electron chi connectivity index (χ1n) is 17.8. The number of hydrogen-bond donors (Lipinski definition) is 0. The van der Waals surface area contributed by atoms with Crippen LogP contribution in [-0.2, 0) is 71.9 Å². The average molecular weight is 707 g/mol. The van der Waals surface area contributed by atoms with Gasteiger partial charge in [-0.3, -0.25) is 0 Å². The minimum Gasteiger partial charge on any atom is -0.376 e. The molecule has 10 atom stereocenters. The van der Waals surface area contributed by atoms with Crippen molar-refractivity contribution in [2.75, 3.05) is 20.3 Å². The van der Waals surface area contributed by atoms with Crippen LogP contribution < -0.4 is 0 Å². The molecule has 7 rings (SSSR count). The summed E-state index contributed by atoms with van der Waals surface area (Å²) >= 11 is 0. The van der Waals surface area contributed by atoms with Gasteiger partial charge in [0.2, 0.25) is 0 Å². The van der Waals surface area contributed by atoms with E-state index in [2.05, 4.69) is 0 Å². The van der Waals surface area contributed by atoms with Gasteiger partial charge in [0, 0.05) is 7.11 Å². The molecule has 4 saturated heterocycles.